The van der Waals surface area contributed by atoms with E-state index in [1.165, 1.54) is 0 Å². The molecule has 3 nitrogen and oxygen atoms in total. The van der Waals surface area contributed by atoms with Gasteiger partial charge in [0.05, 0.1) is 12.6 Å². The second kappa shape index (κ2) is 3.51. The molecule has 66 valence electrons. The molecule has 0 saturated carbocycles. The molecule has 1 N–H and O–H groups in total. The number of β-amino-alcohol motifs (C(OH)–C–C–N with tert-alkyl or cyclic N) is 1. The van der Waals surface area contributed by atoms with Crippen molar-refractivity contribution in [3.63, 3.8) is 0 Å². The van der Waals surface area contributed by atoms with Crippen LogP contribution in [-0.2, 0) is 6.54 Å². The number of thiazole rings is 1. The van der Waals surface area contributed by atoms with Crippen molar-refractivity contribution < 1.29 is 5.11 Å². The first-order valence-corrected chi connectivity index (χ1v) is 5.01. The number of hydrogen-bond donors (Lipinski definition) is 1. The van der Waals surface area contributed by atoms with Gasteiger partial charge in [-0.2, -0.15) is 0 Å². The second-order valence-electron chi connectivity index (χ2n) is 3.10. The highest BCUT2D eigenvalue weighted by Gasteiger charge is 2.20. The predicted octanol–water partition coefficient (Wildman–Crippen LogP) is 0.710. The van der Waals surface area contributed by atoms with Crippen molar-refractivity contribution in [2.24, 2.45) is 0 Å². The van der Waals surface area contributed by atoms with Crippen LogP contribution in [0.1, 0.15) is 11.4 Å². The Bertz CT molecular complexity index is 237. The average molecular weight is 184 g/mol. The van der Waals surface area contributed by atoms with Crippen molar-refractivity contribution >= 4 is 11.3 Å². The van der Waals surface area contributed by atoms with Crippen LogP contribution in [0.15, 0.2) is 11.6 Å². The molecule has 2 rings (SSSR count). The fourth-order valence-corrected chi connectivity index (χ4v) is 2.14. The molecule has 1 saturated heterocycles. The van der Waals surface area contributed by atoms with Crippen LogP contribution >= 0.6 is 11.3 Å². The molecular weight excluding hydrogens is 172 g/mol. The zero-order valence-corrected chi connectivity index (χ0v) is 7.63. The first-order chi connectivity index (χ1) is 5.84. The Hall–Kier alpha value is -0.450. The van der Waals surface area contributed by atoms with E-state index in [9.17, 15) is 5.11 Å². The summed E-state index contributed by atoms with van der Waals surface area (Å²) in [6, 6.07) is 0. The van der Waals surface area contributed by atoms with Crippen LogP contribution in [0.5, 0.6) is 0 Å². The van der Waals surface area contributed by atoms with Crippen molar-refractivity contribution in [3.8, 4) is 0 Å². The molecule has 1 aromatic heterocycles. The lowest BCUT2D eigenvalue weighted by molar-refractivity contribution is 0.175. The maximum absolute atomic E-state index is 9.27. The summed E-state index contributed by atoms with van der Waals surface area (Å²) in [5.74, 6) is 0. The van der Waals surface area contributed by atoms with E-state index < -0.39 is 0 Å². The standard InChI is InChI=1S/C8H12N2OS/c11-7-1-3-10(5-7)6-8-9-2-4-12-8/h2,4,7,11H,1,3,5-6H2/t7-/m1/s1. The fraction of sp³-hybridized carbons (Fsp3) is 0.625. The van der Waals surface area contributed by atoms with Gasteiger partial charge in [-0.15, -0.1) is 11.3 Å². The summed E-state index contributed by atoms with van der Waals surface area (Å²) in [6.07, 6.45) is 2.61. The summed E-state index contributed by atoms with van der Waals surface area (Å²) >= 11 is 1.68. The molecule has 0 radical (unpaired) electrons. The number of nitrogens with zero attached hydrogens (tertiary/aromatic N) is 2. The normalized spacial score (nSPS) is 24.9. The summed E-state index contributed by atoms with van der Waals surface area (Å²) < 4.78 is 0. The van der Waals surface area contributed by atoms with Crippen molar-refractivity contribution in [1.82, 2.24) is 9.88 Å². The van der Waals surface area contributed by atoms with Gasteiger partial charge in [0.1, 0.15) is 5.01 Å². The SMILES string of the molecule is O[C@@H]1CCN(Cc2nccs2)C1. The van der Waals surface area contributed by atoms with Gasteiger partial charge in [0, 0.05) is 24.7 Å². The Labute approximate surface area is 75.7 Å². The first-order valence-electron chi connectivity index (χ1n) is 4.13. The van der Waals surface area contributed by atoms with Gasteiger partial charge in [0.15, 0.2) is 0 Å². The minimum Gasteiger partial charge on any atom is -0.392 e. The van der Waals surface area contributed by atoms with Crippen LogP contribution < -0.4 is 0 Å². The number of aromatic nitrogens is 1. The van der Waals surface area contributed by atoms with E-state index >= 15 is 0 Å². The third-order valence-electron chi connectivity index (χ3n) is 2.09. The largest absolute Gasteiger partial charge is 0.392 e. The molecule has 4 heteroatoms. The third kappa shape index (κ3) is 1.83. The number of likely N-dealkylation sites (tertiary alicyclic amines) is 1. The minimum absolute atomic E-state index is 0.120. The Kier molecular flexibility index (Phi) is 2.39. The molecule has 1 aromatic rings. The highest BCUT2D eigenvalue weighted by molar-refractivity contribution is 7.09. The van der Waals surface area contributed by atoms with Gasteiger partial charge in [0.25, 0.3) is 0 Å². The van der Waals surface area contributed by atoms with Crippen LogP contribution in [0.25, 0.3) is 0 Å². The minimum atomic E-state index is -0.120. The van der Waals surface area contributed by atoms with E-state index in [2.05, 4.69) is 9.88 Å². The van der Waals surface area contributed by atoms with Gasteiger partial charge in [-0.05, 0) is 6.42 Å². The molecule has 0 bridgehead atoms. The van der Waals surface area contributed by atoms with Gasteiger partial charge in [-0.1, -0.05) is 0 Å². The van der Waals surface area contributed by atoms with E-state index in [1.54, 1.807) is 11.3 Å². The van der Waals surface area contributed by atoms with Crippen LogP contribution in [0, 0.1) is 0 Å². The van der Waals surface area contributed by atoms with Crippen molar-refractivity contribution in [3.05, 3.63) is 16.6 Å². The molecule has 1 aliphatic heterocycles. The lowest BCUT2D eigenvalue weighted by Gasteiger charge is -2.11. The van der Waals surface area contributed by atoms with E-state index in [0.717, 1.165) is 31.1 Å². The molecule has 1 atom stereocenters. The van der Waals surface area contributed by atoms with Gasteiger partial charge >= 0.3 is 0 Å². The molecule has 0 aromatic carbocycles. The Morgan fingerprint density at radius 2 is 2.67 bits per heavy atom. The summed E-state index contributed by atoms with van der Waals surface area (Å²) in [5, 5.41) is 12.4. The van der Waals surface area contributed by atoms with Crippen molar-refractivity contribution in [2.45, 2.75) is 19.1 Å². The number of aliphatic hydroxyl groups is 1. The Balaban J connectivity index is 1.88. The summed E-state index contributed by atoms with van der Waals surface area (Å²) in [6.45, 7) is 2.70. The van der Waals surface area contributed by atoms with Crippen LogP contribution in [0.2, 0.25) is 0 Å². The smallest absolute Gasteiger partial charge is 0.107 e. The average Bonchev–Trinajstić information content (AvgIpc) is 2.63. The molecule has 0 spiro atoms. The zero-order chi connectivity index (χ0) is 8.39. The summed E-state index contributed by atoms with van der Waals surface area (Å²) in [4.78, 5) is 6.44. The monoisotopic (exact) mass is 184 g/mol. The van der Waals surface area contributed by atoms with Crippen LogP contribution in [-0.4, -0.2) is 34.2 Å². The Morgan fingerprint density at radius 3 is 3.25 bits per heavy atom. The second-order valence-corrected chi connectivity index (χ2v) is 4.08. The maximum atomic E-state index is 9.27. The highest BCUT2D eigenvalue weighted by atomic mass is 32.1. The molecule has 1 fully saturated rings. The van der Waals surface area contributed by atoms with Gasteiger partial charge < -0.3 is 5.11 Å². The molecule has 1 aliphatic rings. The van der Waals surface area contributed by atoms with Gasteiger partial charge in [-0.3, -0.25) is 4.90 Å². The van der Waals surface area contributed by atoms with Crippen molar-refractivity contribution in [1.29, 1.82) is 0 Å². The van der Waals surface area contributed by atoms with E-state index in [1.807, 2.05) is 11.6 Å². The van der Waals surface area contributed by atoms with E-state index in [0.29, 0.717) is 0 Å². The first kappa shape index (κ1) is 8.16. The summed E-state index contributed by atoms with van der Waals surface area (Å²) in [5.41, 5.74) is 0. The quantitative estimate of drug-likeness (QED) is 0.735. The predicted molar refractivity (Wildman–Crippen MR) is 48.0 cm³/mol. The molecule has 12 heavy (non-hydrogen) atoms. The highest BCUT2D eigenvalue weighted by Crippen LogP contribution is 2.14. The topological polar surface area (TPSA) is 36.4 Å². The fourth-order valence-electron chi connectivity index (χ4n) is 1.48. The van der Waals surface area contributed by atoms with Crippen LogP contribution in [0.4, 0.5) is 0 Å². The van der Waals surface area contributed by atoms with Gasteiger partial charge in [0.2, 0.25) is 0 Å². The zero-order valence-electron chi connectivity index (χ0n) is 6.81. The number of rotatable bonds is 2. The number of hydrogen-bond acceptors (Lipinski definition) is 4. The molecule has 0 aliphatic carbocycles. The molecule has 0 unspecified atom stereocenters. The van der Waals surface area contributed by atoms with Crippen molar-refractivity contribution in [2.75, 3.05) is 13.1 Å². The third-order valence-corrected chi connectivity index (χ3v) is 2.85. The van der Waals surface area contributed by atoms with Crippen LogP contribution in [0.3, 0.4) is 0 Å². The van der Waals surface area contributed by atoms with E-state index in [4.69, 9.17) is 0 Å². The maximum Gasteiger partial charge on any atom is 0.107 e. The lowest BCUT2D eigenvalue weighted by Crippen LogP contribution is -2.21. The summed E-state index contributed by atoms with van der Waals surface area (Å²) in [7, 11) is 0. The molecule has 0 amide bonds. The van der Waals surface area contributed by atoms with E-state index in [-0.39, 0.29) is 6.10 Å². The molecular formula is C8H12N2OS. The van der Waals surface area contributed by atoms with Gasteiger partial charge in [-0.25, -0.2) is 4.98 Å². The molecule has 2 heterocycles. The Morgan fingerprint density at radius 1 is 1.75 bits per heavy atom. The lowest BCUT2D eigenvalue weighted by atomic mass is 10.3. The number of aliphatic hydroxyl groups excluding tert-OH is 1.